The summed E-state index contributed by atoms with van der Waals surface area (Å²) in [5.41, 5.74) is -0.123. The van der Waals surface area contributed by atoms with Crippen LogP contribution in [0.25, 0.3) is 0 Å². The molecule has 0 N–H and O–H groups in total. The van der Waals surface area contributed by atoms with Gasteiger partial charge in [-0.25, -0.2) is 4.67 Å². The van der Waals surface area contributed by atoms with Crippen LogP contribution in [0.5, 0.6) is 0 Å². The molecular formula is C9H19N2O2P. The lowest BCUT2D eigenvalue weighted by Crippen LogP contribution is -2.27. The Morgan fingerprint density at radius 2 is 1.86 bits per heavy atom. The van der Waals surface area contributed by atoms with E-state index in [0.717, 1.165) is 0 Å². The number of hydrogen-bond donors (Lipinski definition) is 0. The zero-order chi connectivity index (χ0) is 11.6. The van der Waals surface area contributed by atoms with Gasteiger partial charge in [0.05, 0.1) is 6.10 Å². The molecule has 0 aromatic carbocycles. The first-order valence-corrected chi connectivity index (χ1v) is 6.09. The molecule has 4 nitrogen and oxygen atoms in total. The molecule has 0 fully saturated rings. The Balaban J connectivity index is 4.68. The van der Waals surface area contributed by atoms with Crippen molar-refractivity contribution in [3.8, 4) is 5.81 Å². The lowest BCUT2D eigenvalue weighted by atomic mass is 9.91. The van der Waals surface area contributed by atoms with Crippen molar-refractivity contribution in [2.75, 3.05) is 14.1 Å². The second-order valence-corrected chi connectivity index (χ2v) is 6.83. The smallest absolute Gasteiger partial charge is 0.303 e. The summed E-state index contributed by atoms with van der Waals surface area (Å²) in [4.78, 5) is 0. The van der Waals surface area contributed by atoms with Crippen LogP contribution in [0, 0.1) is 16.5 Å². The molecule has 0 aromatic rings. The topological polar surface area (TPSA) is 53.3 Å². The molecule has 5 heteroatoms. The summed E-state index contributed by atoms with van der Waals surface area (Å²) in [6, 6.07) is 0. The van der Waals surface area contributed by atoms with E-state index in [1.807, 2.05) is 27.7 Å². The number of nitrogens with zero attached hydrogens (tertiary/aromatic N) is 2. The van der Waals surface area contributed by atoms with Crippen LogP contribution in [0.1, 0.15) is 27.7 Å². The van der Waals surface area contributed by atoms with Crippen LogP contribution < -0.4 is 0 Å². The Morgan fingerprint density at radius 3 is 2.07 bits per heavy atom. The lowest BCUT2D eigenvalue weighted by molar-refractivity contribution is 0.100. The Kier molecular flexibility index (Phi) is 4.33. The summed E-state index contributed by atoms with van der Waals surface area (Å²) < 4.78 is 18.6. The van der Waals surface area contributed by atoms with Crippen molar-refractivity contribution in [3.05, 3.63) is 0 Å². The van der Waals surface area contributed by atoms with Crippen molar-refractivity contribution in [1.82, 2.24) is 4.67 Å². The zero-order valence-electron chi connectivity index (χ0n) is 9.74. The van der Waals surface area contributed by atoms with Gasteiger partial charge in [-0.2, -0.15) is 5.26 Å². The first-order chi connectivity index (χ1) is 6.13. The third-order valence-electron chi connectivity index (χ3n) is 2.17. The van der Waals surface area contributed by atoms with Gasteiger partial charge in [-0.1, -0.05) is 20.8 Å². The van der Waals surface area contributed by atoms with Gasteiger partial charge >= 0.3 is 7.52 Å². The molecule has 0 rings (SSSR count). The van der Waals surface area contributed by atoms with E-state index in [1.165, 1.54) is 4.67 Å². The average Bonchev–Trinajstić information content (AvgIpc) is 2.02. The third kappa shape index (κ3) is 3.42. The zero-order valence-corrected chi connectivity index (χ0v) is 10.6. The van der Waals surface area contributed by atoms with Crippen molar-refractivity contribution in [2.24, 2.45) is 5.41 Å². The van der Waals surface area contributed by atoms with Crippen LogP contribution >= 0.6 is 7.52 Å². The van der Waals surface area contributed by atoms with Crippen LogP contribution in [0.4, 0.5) is 0 Å². The Morgan fingerprint density at radius 1 is 1.43 bits per heavy atom. The highest BCUT2D eigenvalue weighted by Gasteiger charge is 2.33. The summed E-state index contributed by atoms with van der Waals surface area (Å²) in [7, 11) is -0.120. The van der Waals surface area contributed by atoms with E-state index in [-0.39, 0.29) is 11.5 Å². The van der Waals surface area contributed by atoms with E-state index in [9.17, 15) is 4.57 Å². The highest BCUT2D eigenvalue weighted by Crippen LogP contribution is 2.50. The van der Waals surface area contributed by atoms with E-state index >= 15 is 0 Å². The third-order valence-corrected chi connectivity index (χ3v) is 4.08. The Labute approximate surface area is 86.4 Å². The molecule has 0 aliphatic heterocycles. The summed E-state index contributed by atoms with van der Waals surface area (Å²) in [6.07, 6.45) is -0.226. The molecule has 2 atom stereocenters. The van der Waals surface area contributed by atoms with E-state index < -0.39 is 7.52 Å². The van der Waals surface area contributed by atoms with Gasteiger partial charge in [0, 0.05) is 0 Å². The SMILES string of the molecule is CC(OP(=O)(C#N)N(C)C)C(C)(C)C. The van der Waals surface area contributed by atoms with Gasteiger partial charge in [-0.15, -0.1) is 0 Å². The first-order valence-electron chi connectivity index (χ1n) is 4.51. The van der Waals surface area contributed by atoms with Crippen LogP contribution in [0.3, 0.4) is 0 Å². The first kappa shape index (κ1) is 13.6. The fraction of sp³-hybridized carbons (Fsp3) is 0.889. The van der Waals surface area contributed by atoms with E-state index in [0.29, 0.717) is 0 Å². The molecule has 0 saturated heterocycles. The van der Waals surface area contributed by atoms with Gasteiger partial charge in [-0.3, -0.25) is 4.57 Å². The molecule has 0 saturated carbocycles. The molecule has 82 valence electrons. The summed E-state index contributed by atoms with van der Waals surface area (Å²) in [5.74, 6) is 1.74. The molecule has 0 spiro atoms. The van der Waals surface area contributed by atoms with E-state index in [2.05, 4.69) is 0 Å². The molecule has 0 aliphatic rings. The second-order valence-electron chi connectivity index (χ2n) is 4.58. The van der Waals surface area contributed by atoms with Crippen LogP contribution in [0.15, 0.2) is 0 Å². The minimum Gasteiger partial charge on any atom is -0.303 e. The maximum absolute atomic E-state index is 11.9. The van der Waals surface area contributed by atoms with Gasteiger partial charge in [-0.05, 0) is 26.4 Å². The van der Waals surface area contributed by atoms with Gasteiger partial charge in [0.2, 0.25) is 0 Å². The van der Waals surface area contributed by atoms with Crippen molar-refractivity contribution < 1.29 is 9.09 Å². The Bertz CT molecular complexity index is 276. The maximum atomic E-state index is 11.9. The molecule has 14 heavy (non-hydrogen) atoms. The van der Waals surface area contributed by atoms with Crippen molar-refractivity contribution in [2.45, 2.75) is 33.8 Å². The lowest BCUT2D eigenvalue weighted by Gasteiger charge is -2.30. The monoisotopic (exact) mass is 218 g/mol. The molecule has 0 aromatic heterocycles. The molecule has 2 unspecified atom stereocenters. The fourth-order valence-corrected chi connectivity index (χ4v) is 1.74. The molecular weight excluding hydrogens is 199 g/mol. The Hall–Kier alpha value is -0.360. The summed E-state index contributed by atoms with van der Waals surface area (Å²) in [5, 5.41) is 8.79. The molecule has 0 bridgehead atoms. The predicted molar refractivity (Wildman–Crippen MR) is 56.9 cm³/mol. The highest BCUT2D eigenvalue weighted by atomic mass is 31.2. The number of rotatable bonds is 3. The van der Waals surface area contributed by atoms with Crippen LogP contribution in [-0.2, 0) is 9.09 Å². The number of nitriles is 1. The van der Waals surface area contributed by atoms with Gasteiger partial charge in [0.1, 0.15) is 0 Å². The van der Waals surface area contributed by atoms with Gasteiger partial charge in [0.25, 0.3) is 0 Å². The van der Waals surface area contributed by atoms with Gasteiger partial charge < -0.3 is 4.52 Å². The fourth-order valence-electron chi connectivity index (χ4n) is 0.580. The second kappa shape index (κ2) is 4.44. The van der Waals surface area contributed by atoms with Crippen LogP contribution in [0.2, 0.25) is 0 Å². The summed E-state index contributed by atoms with van der Waals surface area (Å²) in [6.45, 7) is 7.77. The maximum Gasteiger partial charge on any atom is 0.370 e. The molecule has 0 radical (unpaired) electrons. The average molecular weight is 218 g/mol. The molecule has 0 aliphatic carbocycles. The number of hydrogen-bond acceptors (Lipinski definition) is 3. The van der Waals surface area contributed by atoms with Gasteiger partial charge in [0.15, 0.2) is 5.81 Å². The molecule has 0 heterocycles. The standard InChI is InChI=1S/C9H19N2O2P/c1-8(9(2,3)4)13-14(12,7-10)11(5)6/h8H,1-6H3. The molecule has 0 amide bonds. The predicted octanol–water partition coefficient (Wildman–Crippen LogP) is 2.67. The quantitative estimate of drug-likeness (QED) is 0.683. The largest absolute Gasteiger partial charge is 0.370 e. The normalized spacial score (nSPS) is 18.7. The van der Waals surface area contributed by atoms with Crippen molar-refractivity contribution >= 4 is 7.52 Å². The van der Waals surface area contributed by atoms with Crippen molar-refractivity contribution in [3.63, 3.8) is 0 Å². The highest BCUT2D eigenvalue weighted by molar-refractivity contribution is 7.61. The summed E-state index contributed by atoms with van der Waals surface area (Å²) >= 11 is 0. The van der Waals surface area contributed by atoms with Crippen LogP contribution in [-0.4, -0.2) is 24.9 Å². The van der Waals surface area contributed by atoms with E-state index in [4.69, 9.17) is 9.79 Å². The minimum absolute atomic E-state index is 0.123. The minimum atomic E-state index is -3.29. The van der Waals surface area contributed by atoms with E-state index in [1.54, 1.807) is 19.9 Å². The van der Waals surface area contributed by atoms with Crippen molar-refractivity contribution in [1.29, 1.82) is 5.26 Å².